The number of hydrogen-bond donors (Lipinski definition) is 1. The van der Waals surface area contributed by atoms with Crippen molar-refractivity contribution in [3.8, 4) is 0 Å². The standard InChI is InChI=1S/C14H22N2/c1-10(11-4-2-5-11)16-9-8-12-13(15)6-3-7-14(12)16/h8-11,13H,2-7,15H2,1H3. The molecule has 2 nitrogen and oxygen atoms in total. The number of hydrogen-bond acceptors (Lipinski definition) is 1. The van der Waals surface area contributed by atoms with Crippen LogP contribution < -0.4 is 5.73 Å². The van der Waals surface area contributed by atoms with E-state index in [1.807, 2.05) is 0 Å². The molecule has 1 aromatic heterocycles. The predicted octanol–water partition coefficient (Wildman–Crippen LogP) is 3.19. The molecule has 0 aromatic carbocycles. The molecule has 0 saturated heterocycles. The van der Waals surface area contributed by atoms with Gasteiger partial charge in [0.05, 0.1) is 0 Å². The van der Waals surface area contributed by atoms with Gasteiger partial charge in [0.2, 0.25) is 0 Å². The fourth-order valence-corrected chi connectivity index (χ4v) is 3.28. The lowest BCUT2D eigenvalue weighted by molar-refractivity contribution is 0.219. The van der Waals surface area contributed by atoms with Gasteiger partial charge in [-0.25, -0.2) is 0 Å². The quantitative estimate of drug-likeness (QED) is 0.812. The lowest BCUT2D eigenvalue weighted by Crippen LogP contribution is -2.25. The summed E-state index contributed by atoms with van der Waals surface area (Å²) in [7, 11) is 0. The summed E-state index contributed by atoms with van der Waals surface area (Å²) in [4.78, 5) is 0. The Kier molecular flexibility index (Phi) is 2.55. The van der Waals surface area contributed by atoms with E-state index in [1.54, 1.807) is 0 Å². The van der Waals surface area contributed by atoms with Crippen molar-refractivity contribution in [2.24, 2.45) is 11.7 Å². The molecule has 0 spiro atoms. The van der Waals surface area contributed by atoms with E-state index in [2.05, 4.69) is 23.8 Å². The highest BCUT2D eigenvalue weighted by Crippen LogP contribution is 2.39. The minimum atomic E-state index is 0.290. The third-order valence-corrected chi connectivity index (χ3v) is 4.66. The third kappa shape index (κ3) is 1.51. The van der Waals surface area contributed by atoms with Crippen LogP contribution in [0.2, 0.25) is 0 Å². The molecule has 1 saturated carbocycles. The molecule has 0 bridgehead atoms. The monoisotopic (exact) mass is 218 g/mol. The van der Waals surface area contributed by atoms with Gasteiger partial charge in [0.1, 0.15) is 0 Å². The number of aromatic nitrogens is 1. The van der Waals surface area contributed by atoms with Crippen molar-refractivity contribution < 1.29 is 0 Å². The van der Waals surface area contributed by atoms with E-state index in [0.29, 0.717) is 12.1 Å². The SMILES string of the molecule is CC(C1CCC1)n1ccc2c1CCCC2N. The van der Waals surface area contributed by atoms with Gasteiger partial charge in [0.25, 0.3) is 0 Å². The maximum Gasteiger partial charge on any atom is 0.0333 e. The fourth-order valence-electron chi connectivity index (χ4n) is 3.28. The van der Waals surface area contributed by atoms with Gasteiger partial charge < -0.3 is 10.3 Å². The van der Waals surface area contributed by atoms with Gasteiger partial charge in [-0.3, -0.25) is 0 Å². The summed E-state index contributed by atoms with van der Waals surface area (Å²) in [5.74, 6) is 0.912. The summed E-state index contributed by atoms with van der Waals surface area (Å²) < 4.78 is 2.51. The second-order valence-corrected chi connectivity index (χ2v) is 5.56. The van der Waals surface area contributed by atoms with E-state index in [4.69, 9.17) is 5.73 Å². The first-order chi connectivity index (χ1) is 7.77. The smallest absolute Gasteiger partial charge is 0.0333 e. The van der Waals surface area contributed by atoms with Crippen LogP contribution >= 0.6 is 0 Å². The third-order valence-electron chi connectivity index (χ3n) is 4.66. The van der Waals surface area contributed by atoms with E-state index >= 15 is 0 Å². The van der Waals surface area contributed by atoms with Gasteiger partial charge in [-0.05, 0) is 56.6 Å². The van der Waals surface area contributed by atoms with Gasteiger partial charge in [0.15, 0.2) is 0 Å². The minimum Gasteiger partial charge on any atom is -0.348 e. The molecule has 0 aliphatic heterocycles. The van der Waals surface area contributed by atoms with Gasteiger partial charge in [0, 0.05) is 24.0 Å². The molecule has 0 amide bonds. The van der Waals surface area contributed by atoms with Crippen LogP contribution in [-0.4, -0.2) is 4.57 Å². The van der Waals surface area contributed by atoms with Crippen LogP contribution in [0.25, 0.3) is 0 Å². The van der Waals surface area contributed by atoms with Crippen molar-refractivity contribution in [2.45, 2.75) is 57.5 Å². The van der Waals surface area contributed by atoms with Gasteiger partial charge in [-0.1, -0.05) is 6.42 Å². The summed E-state index contributed by atoms with van der Waals surface area (Å²) >= 11 is 0. The molecule has 2 atom stereocenters. The van der Waals surface area contributed by atoms with Crippen molar-refractivity contribution in [3.05, 3.63) is 23.5 Å². The first kappa shape index (κ1) is 10.4. The van der Waals surface area contributed by atoms with Crippen molar-refractivity contribution in [3.63, 3.8) is 0 Å². The molecule has 2 heteroatoms. The lowest BCUT2D eigenvalue weighted by Gasteiger charge is -2.34. The maximum absolute atomic E-state index is 6.17. The predicted molar refractivity (Wildman–Crippen MR) is 66.4 cm³/mol. The van der Waals surface area contributed by atoms with Crippen LogP contribution in [0.5, 0.6) is 0 Å². The molecule has 1 heterocycles. The second-order valence-electron chi connectivity index (χ2n) is 5.56. The summed E-state index contributed by atoms with van der Waals surface area (Å²) in [5.41, 5.74) is 9.11. The molecule has 3 rings (SSSR count). The summed E-state index contributed by atoms with van der Waals surface area (Å²) in [5, 5.41) is 0. The van der Waals surface area contributed by atoms with Crippen LogP contribution in [0.4, 0.5) is 0 Å². The number of rotatable bonds is 2. The Morgan fingerprint density at radius 2 is 2.12 bits per heavy atom. The zero-order chi connectivity index (χ0) is 11.1. The van der Waals surface area contributed by atoms with E-state index in [1.165, 1.54) is 43.4 Å². The number of fused-ring (bicyclic) bond motifs is 1. The van der Waals surface area contributed by atoms with Gasteiger partial charge in [-0.2, -0.15) is 0 Å². The molecular formula is C14H22N2. The van der Waals surface area contributed by atoms with Gasteiger partial charge >= 0.3 is 0 Å². The first-order valence-electron chi connectivity index (χ1n) is 6.72. The molecular weight excluding hydrogens is 196 g/mol. The van der Waals surface area contributed by atoms with Crippen LogP contribution in [0, 0.1) is 5.92 Å². The van der Waals surface area contributed by atoms with Crippen LogP contribution in [0.15, 0.2) is 12.3 Å². The molecule has 2 aliphatic rings. The Bertz CT molecular complexity index is 376. The molecule has 0 radical (unpaired) electrons. The van der Waals surface area contributed by atoms with Crippen molar-refractivity contribution >= 4 is 0 Å². The molecule has 2 N–H and O–H groups in total. The van der Waals surface area contributed by atoms with Crippen molar-refractivity contribution in [2.75, 3.05) is 0 Å². The molecule has 2 aliphatic carbocycles. The summed E-state index contributed by atoms with van der Waals surface area (Å²) in [6, 6.07) is 3.23. The van der Waals surface area contributed by atoms with E-state index in [-0.39, 0.29) is 0 Å². The van der Waals surface area contributed by atoms with E-state index in [0.717, 1.165) is 12.3 Å². The zero-order valence-corrected chi connectivity index (χ0v) is 10.2. The Morgan fingerprint density at radius 1 is 1.31 bits per heavy atom. The maximum atomic E-state index is 6.17. The zero-order valence-electron chi connectivity index (χ0n) is 10.2. The fraction of sp³-hybridized carbons (Fsp3) is 0.714. The molecule has 16 heavy (non-hydrogen) atoms. The Labute approximate surface area is 97.8 Å². The Morgan fingerprint density at radius 3 is 2.81 bits per heavy atom. The molecule has 1 fully saturated rings. The van der Waals surface area contributed by atoms with Crippen LogP contribution in [0.1, 0.15) is 62.4 Å². The van der Waals surface area contributed by atoms with Crippen LogP contribution in [-0.2, 0) is 6.42 Å². The highest BCUT2D eigenvalue weighted by atomic mass is 15.0. The highest BCUT2D eigenvalue weighted by molar-refractivity contribution is 5.29. The summed E-state index contributed by atoms with van der Waals surface area (Å²) in [6.45, 7) is 2.38. The number of nitrogens with two attached hydrogens (primary N) is 1. The second kappa shape index (κ2) is 3.92. The normalized spacial score (nSPS) is 27.2. The van der Waals surface area contributed by atoms with E-state index in [9.17, 15) is 0 Å². The first-order valence-corrected chi connectivity index (χ1v) is 6.72. The summed E-state index contributed by atoms with van der Waals surface area (Å²) in [6.07, 6.45) is 10.2. The largest absolute Gasteiger partial charge is 0.348 e. The van der Waals surface area contributed by atoms with Crippen LogP contribution in [0.3, 0.4) is 0 Å². The molecule has 1 aromatic rings. The molecule has 88 valence electrons. The lowest BCUT2D eigenvalue weighted by atomic mass is 9.80. The molecule has 2 unspecified atom stereocenters. The average Bonchev–Trinajstić information content (AvgIpc) is 2.59. The van der Waals surface area contributed by atoms with Crippen molar-refractivity contribution in [1.82, 2.24) is 4.57 Å². The number of nitrogens with zero attached hydrogens (tertiary/aromatic N) is 1. The average molecular weight is 218 g/mol. The van der Waals surface area contributed by atoms with Gasteiger partial charge in [-0.15, -0.1) is 0 Å². The topological polar surface area (TPSA) is 30.9 Å². The Hall–Kier alpha value is -0.760. The Balaban J connectivity index is 1.89. The van der Waals surface area contributed by atoms with Crippen molar-refractivity contribution in [1.29, 1.82) is 0 Å². The van der Waals surface area contributed by atoms with E-state index < -0.39 is 0 Å². The highest BCUT2D eigenvalue weighted by Gasteiger charge is 2.28. The minimum absolute atomic E-state index is 0.290.